The van der Waals surface area contributed by atoms with E-state index in [9.17, 15) is 9.59 Å². The maximum atomic E-state index is 12.5. The zero-order chi connectivity index (χ0) is 19.0. The predicted molar refractivity (Wildman–Crippen MR) is 103 cm³/mol. The van der Waals surface area contributed by atoms with Crippen molar-refractivity contribution in [2.45, 2.75) is 33.7 Å². The molecule has 0 heterocycles. The van der Waals surface area contributed by atoms with Gasteiger partial charge in [0, 0.05) is 18.8 Å². The second-order valence-corrected chi connectivity index (χ2v) is 7.81. The third-order valence-electron chi connectivity index (χ3n) is 3.75. The number of nitrogens with one attached hydrogen (secondary N) is 3. The third-order valence-corrected chi connectivity index (χ3v) is 3.75. The fraction of sp³-hybridized carbons (Fsp3) is 0.579. The number of para-hydroxylation sites is 1. The van der Waals surface area contributed by atoms with E-state index in [2.05, 4.69) is 34.7 Å². The van der Waals surface area contributed by atoms with E-state index in [1.165, 1.54) is 0 Å². The van der Waals surface area contributed by atoms with E-state index in [1.54, 1.807) is 12.1 Å². The van der Waals surface area contributed by atoms with Crippen LogP contribution >= 0.6 is 0 Å². The van der Waals surface area contributed by atoms with Gasteiger partial charge in [0.1, 0.15) is 6.04 Å². The topological polar surface area (TPSA) is 73.5 Å². The first kappa shape index (κ1) is 21.0. The van der Waals surface area contributed by atoms with Crippen molar-refractivity contribution >= 4 is 17.6 Å². The fourth-order valence-electron chi connectivity index (χ4n) is 2.71. The van der Waals surface area contributed by atoms with Gasteiger partial charge in [0.05, 0.1) is 0 Å². The second kappa shape index (κ2) is 9.42. The zero-order valence-electron chi connectivity index (χ0n) is 16.2. The molecule has 6 heteroatoms. The van der Waals surface area contributed by atoms with Crippen LogP contribution in [-0.2, 0) is 4.79 Å². The summed E-state index contributed by atoms with van der Waals surface area (Å²) in [5.74, 6) is -0.177. The van der Waals surface area contributed by atoms with Crippen LogP contribution in [0.1, 0.15) is 27.7 Å². The molecule has 25 heavy (non-hydrogen) atoms. The van der Waals surface area contributed by atoms with E-state index in [1.807, 2.05) is 46.1 Å². The van der Waals surface area contributed by atoms with Gasteiger partial charge in [0.15, 0.2) is 0 Å². The Labute approximate surface area is 151 Å². The average Bonchev–Trinajstić information content (AvgIpc) is 2.50. The predicted octanol–water partition coefficient (Wildman–Crippen LogP) is 2.54. The molecule has 1 aromatic carbocycles. The van der Waals surface area contributed by atoms with Gasteiger partial charge in [-0.3, -0.25) is 4.79 Å². The highest BCUT2D eigenvalue weighted by Gasteiger charge is 2.26. The summed E-state index contributed by atoms with van der Waals surface area (Å²) >= 11 is 0. The van der Waals surface area contributed by atoms with Gasteiger partial charge in [-0.1, -0.05) is 45.9 Å². The van der Waals surface area contributed by atoms with Crippen LogP contribution in [0.15, 0.2) is 30.3 Å². The van der Waals surface area contributed by atoms with Crippen molar-refractivity contribution in [3.8, 4) is 0 Å². The van der Waals surface area contributed by atoms with E-state index in [-0.39, 0.29) is 23.3 Å². The van der Waals surface area contributed by atoms with Crippen LogP contribution in [-0.4, -0.2) is 50.1 Å². The number of rotatable bonds is 8. The highest BCUT2D eigenvalue weighted by Crippen LogP contribution is 2.14. The number of hydrogen-bond acceptors (Lipinski definition) is 3. The molecule has 1 rings (SSSR count). The normalized spacial score (nSPS) is 12.8. The molecule has 0 aliphatic carbocycles. The summed E-state index contributed by atoms with van der Waals surface area (Å²) < 4.78 is 0. The van der Waals surface area contributed by atoms with Gasteiger partial charge in [-0.2, -0.15) is 0 Å². The molecule has 0 unspecified atom stereocenters. The standard InChI is InChI=1S/C19H32N4O2/c1-14(2)16(17(24)20-12-19(3,4)13-23(5)6)22-18(25)21-15-10-8-7-9-11-15/h7-11,14,16H,12-13H2,1-6H3,(H,20,24)(H2,21,22,25)/t16-/m0/s1. The molecule has 0 aliphatic rings. The first-order valence-electron chi connectivity index (χ1n) is 8.66. The summed E-state index contributed by atoms with van der Waals surface area (Å²) in [4.78, 5) is 26.8. The molecule has 0 aliphatic heterocycles. The monoisotopic (exact) mass is 348 g/mol. The molecule has 0 bridgehead atoms. The zero-order valence-corrected chi connectivity index (χ0v) is 16.2. The molecular weight excluding hydrogens is 316 g/mol. The summed E-state index contributed by atoms with van der Waals surface area (Å²) in [6, 6.07) is 8.20. The highest BCUT2D eigenvalue weighted by molar-refractivity contribution is 5.93. The summed E-state index contributed by atoms with van der Waals surface area (Å²) in [5.41, 5.74) is 0.641. The second-order valence-electron chi connectivity index (χ2n) is 7.81. The summed E-state index contributed by atoms with van der Waals surface area (Å²) in [6.45, 7) is 9.45. The summed E-state index contributed by atoms with van der Waals surface area (Å²) in [5, 5.41) is 8.48. The molecular formula is C19H32N4O2. The molecule has 1 aromatic rings. The van der Waals surface area contributed by atoms with Crippen LogP contribution in [0, 0.1) is 11.3 Å². The number of carbonyl (C=O) groups is 2. The third kappa shape index (κ3) is 8.03. The smallest absolute Gasteiger partial charge is 0.319 e. The number of amides is 3. The molecule has 0 saturated heterocycles. The number of urea groups is 1. The van der Waals surface area contributed by atoms with E-state index in [0.29, 0.717) is 12.2 Å². The van der Waals surface area contributed by atoms with Gasteiger partial charge in [-0.15, -0.1) is 0 Å². The van der Waals surface area contributed by atoms with E-state index in [4.69, 9.17) is 0 Å². The van der Waals surface area contributed by atoms with Crippen molar-refractivity contribution in [3.05, 3.63) is 30.3 Å². The first-order chi connectivity index (χ1) is 11.6. The number of anilines is 1. The molecule has 1 atom stereocenters. The van der Waals surface area contributed by atoms with Gasteiger partial charge in [0.25, 0.3) is 0 Å². The fourth-order valence-corrected chi connectivity index (χ4v) is 2.71. The molecule has 140 valence electrons. The van der Waals surface area contributed by atoms with Crippen molar-refractivity contribution in [2.24, 2.45) is 11.3 Å². The number of hydrogen-bond donors (Lipinski definition) is 3. The maximum absolute atomic E-state index is 12.5. The van der Waals surface area contributed by atoms with Crippen LogP contribution in [0.5, 0.6) is 0 Å². The molecule has 0 spiro atoms. The van der Waals surface area contributed by atoms with Crippen LogP contribution < -0.4 is 16.0 Å². The maximum Gasteiger partial charge on any atom is 0.319 e. The lowest BCUT2D eigenvalue weighted by molar-refractivity contribution is -0.124. The van der Waals surface area contributed by atoms with Crippen LogP contribution in [0.3, 0.4) is 0 Å². The number of carbonyl (C=O) groups excluding carboxylic acids is 2. The van der Waals surface area contributed by atoms with Gasteiger partial charge in [-0.25, -0.2) is 4.79 Å². The van der Waals surface area contributed by atoms with Gasteiger partial charge >= 0.3 is 6.03 Å². The summed E-state index contributed by atoms with van der Waals surface area (Å²) in [6.07, 6.45) is 0. The average molecular weight is 348 g/mol. The Morgan fingerprint density at radius 3 is 2.24 bits per heavy atom. The number of benzene rings is 1. The van der Waals surface area contributed by atoms with Crippen molar-refractivity contribution < 1.29 is 9.59 Å². The van der Waals surface area contributed by atoms with Crippen molar-refractivity contribution in [2.75, 3.05) is 32.5 Å². The minimum Gasteiger partial charge on any atom is -0.354 e. The van der Waals surface area contributed by atoms with Crippen LogP contribution in [0.25, 0.3) is 0 Å². The Balaban J connectivity index is 2.60. The minimum absolute atomic E-state index is 0.0153. The van der Waals surface area contributed by atoms with E-state index >= 15 is 0 Å². The van der Waals surface area contributed by atoms with Crippen molar-refractivity contribution in [1.82, 2.24) is 15.5 Å². The Bertz CT molecular complexity index is 556. The Morgan fingerprint density at radius 2 is 1.72 bits per heavy atom. The quantitative estimate of drug-likeness (QED) is 0.676. The summed E-state index contributed by atoms with van der Waals surface area (Å²) in [7, 11) is 4.02. The molecule has 3 amide bonds. The molecule has 0 fully saturated rings. The van der Waals surface area contributed by atoms with E-state index < -0.39 is 6.04 Å². The largest absolute Gasteiger partial charge is 0.354 e. The minimum atomic E-state index is -0.584. The van der Waals surface area contributed by atoms with Gasteiger partial charge in [0.2, 0.25) is 5.91 Å². The number of nitrogens with zero attached hydrogens (tertiary/aromatic N) is 1. The molecule has 0 radical (unpaired) electrons. The molecule has 3 N–H and O–H groups in total. The Morgan fingerprint density at radius 1 is 1.12 bits per heavy atom. The molecule has 0 saturated carbocycles. The lowest BCUT2D eigenvalue weighted by Gasteiger charge is -2.30. The lowest BCUT2D eigenvalue weighted by Crippen LogP contribution is -2.52. The van der Waals surface area contributed by atoms with Gasteiger partial charge in [-0.05, 0) is 37.6 Å². The van der Waals surface area contributed by atoms with Crippen LogP contribution in [0.4, 0.5) is 10.5 Å². The van der Waals surface area contributed by atoms with Gasteiger partial charge < -0.3 is 20.9 Å². The molecule has 6 nitrogen and oxygen atoms in total. The SMILES string of the molecule is CC(C)[C@H](NC(=O)Nc1ccccc1)C(=O)NCC(C)(C)CN(C)C. The highest BCUT2D eigenvalue weighted by atomic mass is 16.2. The Hall–Kier alpha value is -2.08. The first-order valence-corrected chi connectivity index (χ1v) is 8.66. The molecule has 0 aromatic heterocycles. The lowest BCUT2D eigenvalue weighted by atomic mass is 9.92. The van der Waals surface area contributed by atoms with Crippen molar-refractivity contribution in [3.63, 3.8) is 0 Å². The van der Waals surface area contributed by atoms with Crippen molar-refractivity contribution in [1.29, 1.82) is 0 Å². The van der Waals surface area contributed by atoms with Crippen LogP contribution in [0.2, 0.25) is 0 Å². The van der Waals surface area contributed by atoms with E-state index in [0.717, 1.165) is 6.54 Å². The Kier molecular flexibility index (Phi) is 7.90.